The first-order valence-corrected chi connectivity index (χ1v) is 11.5. The summed E-state index contributed by atoms with van der Waals surface area (Å²) in [5, 5.41) is 13.4. The van der Waals surface area contributed by atoms with Crippen LogP contribution in [0.15, 0.2) is 47.8 Å². The molecule has 0 radical (unpaired) electrons. The van der Waals surface area contributed by atoms with Gasteiger partial charge in [-0.05, 0) is 77.7 Å². The minimum Gasteiger partial charge on any atom is -0.355 e. The van der Waals surface area contributed by atoms with Gasteiger partial charge in [0.1, 0.15) is 0 Å². The van der Waals surface area contributed by atoms with Gasteiger partial charge < -0.3 is 16.0 Å². The number of aromatic nitrogens is 2. The number of anilines is 2. The highest BCUT2D eigenvalue weighted by molar-refractivity contribution is 7.80. The molecule has 3 N–H and O–H groups in total. The van der Waals surface area contributed by atoms with Crippen LogP contribution in [0.5, 0.6) is 0 Å². The van der Waals surface area contributed by atoms with E-state index in [1.54, 1.807) is 38.1 Å². The molecule has 2 aromatic carbocycles. The Hall–Kier alpha value is -3.26. The number of nitrogens with zero attached hydrogens (tertiary/aromatic N) is 2. The molecule has 6 nitrogen and oxygen atoms in total. The molecule has 3 aromatic rings. The predicted molar refractivity (Wildman–Crippen MR) is 128 cm³/mol. The maximum Gasteiger partial charge on any atom is 0.416 e. The van der Waals surface area contributed by atoms with Crippen molar-refractivity contribution in [2.75, 3.05) is 10.6 Å². The Kier molecular flexibility index (Phi) is 8.19. The van der Waals surface area contributed by atoms with Crippen LogP contribution >= 0.6 is 23.8 Å². The minimum atomic E-state index is -4.95. The van der Waals surface area contributed by atoms with Gasteiger partial charge in [0, 0.05) is 16.8 Å². The Bertz CT molecular complexity index is 1180. The number of amides is 1. The fraction of sp³-hybridized carbons (Fsp3) is 0.273. The van der Waals surface area contributed by atoms with Crippen LogP contribution < -0.4 is 16.0 Å². The summed E-state index contributed by atoms with van der Waals surface area (Å²) in [5.74, 6) is -0.854. The molecule has 0 bridgehead atoms. The van der Waals surface area contributed by atoms with Crippen LogP contribution in [0.2, 0.25) is 0 Å². The van der Waals surface area contributed by atoms with Crippen molar-refractivity contribution in [1.82, 2.24) is 14.9 Å². The van der Waals surface area contributed by atoms with Crippen LogP contribution in [-0.2, 0) is 12.4 Å². The third kappa shape index (κ3) is 7.13. The lowest BCUT2D eigenvalue weighted by Gasteiger charge is -2.26. The second kappa shape index (κ2) is 10.8. The van der Waals surface area contributed by atoms with Crippen LogP contribution in [0.25, 0.3) is 0 Å². The van der Waals surface area contributed by atoms with E-state index in [0.29, 0.717) is 23.5 Å². The first-order chi connectivity index (χ1) is 16.7. The van der Waals surface area contributed by atoms with Crippen LogP contribution in [0, 0.1) is 5.92 Å². The molecule has 1 atom stereocenters. The smallest absolute Gasteiger partial charge is 0.355 e. The van der Waals surface area contributed by atoms with Crippen LogP contribution in [-0.4, -0.2) is 20.6 Å². The van der Waals surface area contributed by atoms with Gasteiger partial charge in [-0.3, -0.25) is 4.79 Å². The number of rotatable bonds is 6. The fourth-order valence-electron chi connectivity index (χ4n) is 3.20. The average Bonchev–Trinajstić information content (AvgIpc) is 3.32. The lowest BCUT2D eigenvalue weighted by atomic mass is 9.92. The molecular formula is C22H19F6N5OS2. The summed E-state index contributed by atoms with van der Waals surface area (Å²) in [6.45, 7) is 3.28. The first-order valence-electron chi connectivity index (χ1n) is 10.3. The highest BCUT2D eigenvalue weighted by Crippen LogP contribution is 2.38. The number of hydrogen-bond donors (Lipinski definition) is 3. The lowest BCUT2D eigenvalue weighted by Crippen LogP contribution is -2.35. The highest BCUT2D eigenvalue weighted by Gasteiger charge is 2.38. The summed E-state index contributed by atoms with van der Waals surface area (Å²) in [6, 6.07) is 6.83. The molecule has 36 heavy (non-hydrogen) atoms. The van der Waals surface area contributed by atoms with E-state index in [0.717, 1.165) is 11.5 Å². The van der Waals surface area contributed by atoms with E-state index in [4.69, 9.17) is 12.2 Å². The molecule has 0 saturated carbocycles. The first kappa shape index (κ1) is 27.3. The topological polar surface area (TPSA) is 78.9 Å². The van der Waals surface area contributed by atoms with Gasteiger partial charge >= 0.3 is 12.4 Å². The standard InChI is InChI=1S/C22H19F6N5OS2/c1-11(2)18(12-7-13(21(23,24)25)9-14(8-12)22(26,27)28)31-20(35)30-16-5-3-15(4-6-16)29-19(34)17-10-36-33-32-17/h3-11,18H,1-2H3,(H,29,34)(H2,30,31,35). The summed E-state index contributed by atoms with van der Waals surface area (Å²) in [5.41, 5.74) is -1.90. The quantitative estimate of drug-likeness (QED) is 0.241. The maximum absolute atomic E-state index is 13.3. The molecule has 1 aromatic heterocycles. The van der Waals surface area contributed by atoms with Crippen molar-refractivity contribution in [3.05, 3.63) is 70.2 Å². The number of thiocarbonyl (C=S) groups is 1. The molecule has 192 valence electrons. The fourth-order valence-corrected chi connectivity index (χ4v) is 3.88. The Labute approximate surface area is 211 Å². The van der Waals surface area contributed by atoms with E-state index in [-0.39, 0.29) is 22.4 Å². The van der Waals surface area contributed by atoms with Gasteiger partial charge in [-0.1, -0.05) is 18.3 Å². The number of hydrogen-bond acceptors (Lipinski definition) is 5. The number of halogens is 6. The van der Waals surface area contributed by atoms with Crippen molar-refractivity contribution in [3.63, 3.8) is 0 Å². The molecule has 1 amide bonds. The van der Waals surface area contributed by atoms with Crippen molar-refractivity contribution in [2.45, 2.75) is 32.2 Å². The second-order valence-electron chi connectivity index (χ2n) is 7.98. The Morgan fingerprint density at radius 3 is 1.89 bits per heavy atom. The summed E-state index contributed by atoms with van der Waals surface area (Å²) < 4.78 is 83.3. The number of benzene rings is 2. The Morgan fingerprint density at radius 1 is 0.917 bits per heavy atom. The third-order valence-corrected chi connectivity index (χ3v) is 5.64. The SMILES string of the molecule is CC(C)C(NC(=S)Nc1ccc(NC(=O)c2csnn2)cc1)c1cc(C(F)(F)F)cc(C(F)(F)F)c1. The summed E-state index contributed by atoms with van der Waals surface area (Å²) >= 11 is 6.28. The van der Waals surface area contributed by atoms with Crippen molar-refractivity contribution in [1.29, 1.82) is 0 Å². The van der Waals surface area contributed by atoms with E-state index in [1.807, 2.05) is 0 Å². The van der Waals surface area contributed by atoms with Gasteiger partial charge in [-0.2, -0.15) is 26.3 Å². The molecule has 0 aliphatic rings. The Balaban J connectivity index is 1.74. The molecular weight excluding hydrogens is 528 g/mol. The van der Waals surface area contributed by atoms with Crippen molar-refractivity contribution >= 4 is 46.1 Å². The van der Waals surface area contributed by atoms with Gasteiger partial charge in [-0.15, -0.1) is 5.10 Å². The van der Waals surface area contributed by atoms with Gasteiger partial charge in [-0.25, -0.2) is 0 Å². The molecule has 0 aliphatic carbocycles. The van der Waals surface area contributed by atoms with E-state index in [9.17, 15) is 31.1 Å². The molecule has 1 unspecified atom stereocenters. The zero-order valence-electron chi connectivity index (χ0n) is 18.7. The number of nitrogens with one attached hydrogen (secondary N) is 3. The maximum atomic E-state index is 13.3. The van der Waals surface area contributed by atoms with Crippen LogP contribution in [0.4, 0.5) is 37.7 Å². The van der Waals surface area contributed by atoms with Gasteiger partial charge in [0.25, 0.3) is 5.91 Å². The zero-order chi connectivity index (χ0) is 26.7. The Morgan fingerprint density at radius 2 is 1.44 bits per heavy atom. The summed E-state index contributed by atoms with van der Waals surface area (Å²) in [7, 11) is 0. The van der Waals surface area contributed by atoms with Crippen LogP contribution in [0.1, 0.15) is 47.1 Å². The summed E-state index contributed by atoms with van der Waals surface area (Å²) in [6.07, 6.45) is -9.91. The molecule has 0 saturated heterocycles. The molecule has 1 heterocycles. The van der Waals surface area contributed by atoms with E-state index < -0.39 is 41.3 Å². The summed E-state index contributed by atoms with van der Waals surface area (Å²) in [4.78, 5) is 12.0. The van der Waals surface area contributed by atoms with Crippen molar-refractivity contribution < 1.29 is 31.1 Å². The lowest BCUT2D eigenvalue weighted by molar-refractivity contribution is -0.143. The van der Waals surface area contributed by atoms with E-state index >= 15 is 0 Å². The van der Waals surface area contributed by atoms with E-state index in [2.05, 4.69) is 25.5 Å². The monoisotopic (exact) mass is 547 g/mol. The molecule has 3 rings (SSSR count). The molecule has 0 spiro atoms. The highest BCUT2D eigenvalue weighted by atomic mass is 32.1. The zero-order valence-corrected chi connectivity index (χ0v) is 20.3. The van der Waals surface area contributed by atoms with Gasteiger partial charge in [0.15, 0.2) is 10.8 Å². The van der Waals surface area contributed by atoms with Gasteiger partial charge in [0.2, 0.25) is 0 Å². The van der Waals surface area contributed by atoms with Crippen LogP contribution in [0.3, 0.4) is 0 Å². The molecule has 14 heteroatoms. The minimum absolute atomic E-state index is 0.00926. The largest absolute Gasteiger partial charge is 0.416 e. The third-order valence-electron chi connectivity index (χ3n) is 4.92. The molecule has 0 fully saturated rings. The normalized spacial score (nSPS) is 12.8. The van der Waals surface area contributed by atoms with E-state index in [1.165, 1.54) is 5.38 Å². The van der Waals surface area contributed by atoms with Crippen molar-refractivity contribution in [3.8, 4) is 0 Å². The molecule has 0 aliphatic heterocycles. The van der Waals surface area contributed by atoms with Gasteiger partial charge in [0.05, 0.1) is 17.2 Å². The van der Waals surface area contributed by atoms with Crippen molar-refractivity contribution in [2.24, 2.45) is 5.92 Å². The average molecular weight is 548 g/mol. The predicted octanol–water partition coefficient (Wildman–Crippen LogP) is 6.51. The number of carbonyl (C=O) groups excluding carboxylic acids is 1. The number of alkyl halides is 6. The second-order valence-corrected chi connectivity index (χ2v) is 9.00. The number of carbonyl (C=O) groups is 1.